The highest BCUT2D eigenvalue weighted by atomic mass is 19.4. The maximum Gasteiger partial charge on any atom is 0.389 e. The van der Waals surface area contributed by atoms with Crippen molar-refractivity contribution in [1.29, 1.82) is 0 Å². The molecule has 0 heterocycles. The van der Waals surface area contributed by atoms with Crippen LogP contribution in [0.3, 0.4) is 0 Å². The van der Waals surface area contributed by atoms with Crippen molar-refractivity contribution in [3.63, 3.8) is 0 Å². The summed E-state index contributed by atoms with van der Waals surface area (Å²) in [6, 6.07) is 0.0353. The van der Waals surface area contributed by atoms with Gasteiger partial charge in [-0.1, -0.05) is 33.1 Å². The average Bonchev–Trinajstić information content (AvgIpc) is 2.20. The molecule has 0 aliphatic carbocycles. The zero-order valence-corrected chi connectivity index (χ0v) is 10.4. The molecule has 0 saturated heterocycles. The quantitative estimate of drug-likeness (QED) is 0.592. The first kappa shape index (κ1) is 15.8. The van der Waals surface area contributed by atoms with Crippen LogP contribution in [0.2, 0.25) is 0 Å². The van der Waals surface area contributed by atoms with E-state index in [1.807, 2.05) is 6.92 Å². The van der Waals surface area contributed by atoms with E-state index in [-0.39, 0.29) is 12.5 Å². The predicted molar refractivity (Wildman–Crippen MR) is 61.5 cm³/mol. The second-order valence-electron chi connectivity index (χ2n) is 4.30. The number of halogens is 3. The lowest BCUT2D eigenvalue weighted by atomic mass is 10.0. The van der Waals surface area contributed by atoms with E-state index in [4.69, 9.17) is 0 Å². The molecule has 0 aromatic carbocycles. The maximum absolute atomic E-state index is 12.1. The van der Waals surface area contributed by atoms with E-state index in [9.17, 15) is 13.2 Å². The molecule has 0 aliphatic rings. The van der Waals surface area contributed by atoms with E-state index in [0.29, 0.717) is 0 Å². The van der Waals surface area contributed by atoms with Gasteiger partial charge in [0.15, 0.2) is 0 Å². The Bertz CT molecular complexity index is 157. The van der Waals surface area contributed by atoms with Gasteiger partial charge in [0.2, 0.25) is 0 Å². The minimum atomic E-state index is -4.02. The lowest BCUT2D eigenvalue weighted by molar-refractivity contribution is -0.136. The standard InChI is InChI=1S/C12H24F3N/c1-3-5-6-7-11(16-10-4-2)8-9-12(13,14)15/h11,16H,3-10H2,1-2H3. The van der Waals surface area contributed by atoms with Gasteiger partial charge in [-0.15, -0.1) is 0 Å². The fourth-order valence-corrected chi connectivity index (χ4v) is 1.68. The van der Waals surface area contributed by atoms with E-state index in [2.05, 4.69) is 12.2 Å². The summed E-state index contributed by atoms with van der Waals surface area (Å²) < 4.78 is 36.3. The zero-order chi connectivity index (χ0) is 12.4. The van der Waals surface area contributed by atoms with Crippen molar-refractivity contribution in [3.8, 4) is 0 Å². The summed E-state index contributed by atoms with van der Waals surface area (Å²) in [5.74, 6) is 0. The van der Waals surface area contributed by atoms with Crippen LogP contribution < -0.4 is 5.32 Å². The summed E-state index contributed by atoms with van der Waals surface area (Å²) in [6.07, 6.45) is 0.608. The highest BCUT2D eigenvalue weighted by Crippen LogP contribution is 2.23. The van der Waals surface area contributed by atoms with Gasteiger partial charge >= 0.3 is 6.18 Å². The molecule has 16 heavy (non-hydrogen) atoms. The number of nitrogens with one attached hydrogen (secondary N) is 1. The normalized spacial score (nSPS) is 14.1. The Morgan fingerprint density at radius 1 is 1.00 bits per heavy atom. The summed E-state index contributed by atoms with van der Waals surface area (Å²) in [4.78, 5) is 0. The lowest BCUT2D eigenvalue weighted by Gasteiger charge is -2.19. The molecule has 0 aliphatic heterocycles. The van der Waals surface area contributed by atoms with E-state index in [0.717, 1.165) is 38.6 Å². The van der Waals surface area contributed by atoms with Crippen LogP contribution in [0.1, 0.15) is 58.8 Å². The van der Waals surface area contributed by atoms with Crippen molar-refractivity contribution in [2.45, 2.75) is 71.0 Å². The Hall–Kier alpha value is -0.250. The van der Waals surface area contributed by atoms with E-state index < -0.39 is 12.6 Å². The van der Waals surface area contributed by atoms with Crippen LogP contribution >= 0.6 is 0 Å². The first-order valence-corrected chi connectivity index (χ1v) is 6.29. The van der Waals surface area contributed by atoms with Gasteiger partial charge in [0.1, 0.15) is 0 Å². The molecule has 0 aromatic heterocycles. The number of rotatable bonds is 9. The third kappa shape index (κ3) is 10.3. The second-order valence-corrected chi connectivity index (χ2v) is 4.30. The van der Waals surface area contributed by atoms with Crippen LogP contribution in [0.4, 0.5) is 13.2 Å². The molecule has 1 nitrogen and oxygen atoms in total. The molecule has 0 fully saturated rings. The minimum Gasteiger partial charge on any atom is -0.314 e. The van der Waals surface area contributed by atoms with Crippen LogP contribution in [-0.2, 0) is 0 Å². The molecule has 98 valence electrons. The van der Waals surface area contributed by atoms with Gasteiger partial charge < -0.3 is 5.32 Å². The van der Waals surface area contributed by atoms with Gasteiger partial charge in [-0.05, 0) is 25.8 Å². The average molecular weight is 239 g/mol. The number of unbranched alkanes of at least 4 members (excludes halogenated alkanes) is 2. The molecule has 1 N–H and O–H groups in total. The molecule has 0 rings (SSSR count). The third-order valence-corrected chi connectivity index (χ3v) is 2.62. The largest absolute Gasteiger partial charge is 0.389 e. The van der Waals surface area contributed by atoms with Crippen molar-refractivity contribution in [1.82, 2.24) is 5.32 Å². The number of hydrogen-bond donors (Lipinski definition) is 1. The Morgan fingerprint density at radius 3 is 2.19 bits per heavy atom. The first-order valence-electron chi connectivity index (χ1n) is 6.29. The summed E-state index contributed by atoms with van der Waals surface area (Å²) >= 11 is 0. The molecular formula is C12H24F3N. The minimum absolute atomic E-state index is 0.0353. The Kier molecular flexibility index (Phi) is 8.71. The molecular weight excluding hydrogens is 215 g/mol. The van der Waals surface area contributed by atoms with Crippen LogP contribution in [0.25, 0.3) is 0 Å². The summed E-state index contributed by atoms with van der Waals surface area (Å²) in [6.45, 7) is 4.94. The topological polar surface area (TPSA) is 12.0 Å². The van der Waals surface area contributed by atoms with Gasteiger partial charge in [-0.2, -0.15) is 13.2 Å². The van der Waals surface area contributed by atoms with Gasteiger partial charge in [0.05, 0.1) is 0 Å². The Labute approximate surface area is 96.8 Å². The number of hydrogen-bond acceptors (Lipinski definition) is 1. The third-order valence-electron chi connectivity index (χ3n) is 2.62. The molecule has 0 radical (unpaired) electrons. The van der Waals surface area contributed by atoms with Crippen LogP contribution in [0, 0.1) is 0 Å². The predicted octanol–water partition coefficient (Wildman–Crippen LogP) is 4.28. The van der Waals surface area contributed by atoms with Crippen molar-refractivity contribution in [3.05, 3.63) is 0 Å². The Balaban J connectivity index is 3.80. The fraction of sp³-hybridized carbons (Fsp3) is 1.00. The van der Waals surface area contributed by atoms with Crippen molar-refractivity contribution >= 4 is 0 Å². The first-order chi connectivity index (χ1) is 7.49. The van der Waals surface area contributed by atoms with E-state index in [1.54, 1.807) is 0 Å². The fourth-order valence-electron chi connectivity index (χ4n) is 1.68. The smallest absolute Gasteiger partial charge is 0.314 e. The lowest BCUT2D eigenvalue weighted by Crippen LogP contribution is -2.31. The highest BCUT2D eigenvalue weighted by molar-refractivity contribution is 4.68. The molecule has 0 aromatic rings. The van der Waals surface area contributed by atoms with Gasteiger partial charge in [0, 0.05) is 12.5 Å². The van der Waals surface area contributed by atoms with Crippen molar-refractivity contribution in [2.75, 3.05) is 6.54 Å². The summed E-state index contributed by atoms with van der Waals surface area (Å²) in [5, 5.41) is 3.20. The van der Waals surface area contributed by atoms with Crippen molar-refractivity contribution in [2.24, 2.45) is 0 Å². The summed E-state index contributed by atoms with van der Waals surface area (Å²) in [7, 11) is 0. The monoisotopic (exact) mass is 239 g/mol. The molecule has 1 unspecified atom stereocenters. The molecule has 0 spiro atoms. The molecule has 1 atom stereocenters. The second kappa shape index (κ2) is 8.85. The van der Waals surface area contributed by atoms with Gasteiger partial charge in [0.25, 0.3) is 0 Å². The van der Waals surface area contributed by atoms with Crippen LogP contribution in [-0.4, -0.2) is 18.8 Å². The highest BCUT2D eigenvalue weighted by Gasteiger charge is 2.27. The van der Waals surface area contributed by atoms with E-state index >= 15 is 0 Å². The van der Waals surface area contributed by atoms with Gasteiger partial charge in [-0.25, -0.2) is 0 Å². The number of alkyl halides is 3. The van der Waals surface area contributed by atoms with Crippen LogP contribution in [0.15, 0.2) is 0 Å². The molecule has 0 bridgehead atoms. The van der Waals surface area contributed by atoms with E-state index in [1.165, 1.54) is 0 Å². The SMILES string of the molecule is CCCCCC(CCC(F)(F)F)NCCC. The van der Waals surface area contributed by atoms with Gasteiger partial charge in [-0.3, -0.25) is 0 Å². The van der Waals surface area contributed by atoms with Crippen molar-refractivity contribution < 1.29 is 13.2 Å². The Morgan fingerprint density at radius 2 is 1.69 bits per heavy atom. The molecule has 0 saturated carbocycles. The zero-order valence-electron chi connectivity index (χ0n) is 10.4. The molecule has 0 amide bonds. The van der Waals surface area contributed by atoms with Crippen LogP contribution in [0.5, 0.6) is 0 Å². The molecule has 4 heteroatoms. The maximum atomic E-state index is 12.1. The summed E-state index contributed by atoms with van der Waals surface area (Å²) in [5.41, 5.74) is 0.